The SMILES string of the molecule is O=C(c1ccc(Br)s1)N1CCOc2ncccc21. The van der Waals surface area contributed by atoms with E-state index in [1.54, 1.807) is 17.2 Å². The number of amides is 1. The third-order valence-corrected chi connectivity index (χ3v) is 4.24. The molecule has 0 radical (unpaired) electrons. The highest BCUT2D eigenvalue weighted by atomic mass is 79.9. The van der Waals surface area contributed by atoms with Gasteiger partial charge in [0.05, 0.1) is 15.2 Å². The van der Waals surface area contributed by atoms with E-state index in [4.69, 9.17) is 4.74 Å². The van der Waals surface area contributed by atoms with Crippen molar-refractivity contribution in [1.82, 2.24) is 4.98 Å². The number of anilines is 1. The van der Waals surface area contributed by atoms with E-state index >= 15 is 0 Å². The van der Waals surface area contributed by atoms with Crippen LogP contribution < -0.4 is 9.64 Å². The minimum absolute atomic E-state index is 0.0109. The average molecular weight is 325 g/mol. The zero-order chi connectivity index (χ0) is 12.5. The third-order valence-electron chi connectivity index (χ3n) is 2.62. The molecule has 0 unspecified atom stereocenters. The molecule has 2 aromatic heterocycles. The van der Waals surface area contributed by atoms with E-state index < -0.39 is 0 Å². The molecule has 0 saturated carbocycles. The van der Waals surface area contributed by atoms with Gasteiger partial charge in [-0.15, -0.1) is 11.3 Å². The van der Waals surface area contributed by atoms with E-state index in [1.165, 1.54) is 11.3 Å². The van der Waals surface area contributed by atoms with Crippen LogP contribution in [0.2, 0.25) is 0 Å². The number of hydrogen-bond donors (Lipinski definition) is 0. The van der Waals surface area contributed by atoms with Gasteiger partial charge in [0.25, 0.3) is 5.91 Å². The molecule has 1 aliphatic heterocycles. The Morgan fingerprint density at radius 3 is 3.11 bits per heavy atom. The summed E-state index contributed by atoms with van der Waals surface area (Å²) >= 11 is 4.80. The Morgan fingerprint density at radius 1 is 1.44 bits per heavy atom. The number of nitrogens with zero attached hydrogens (tertiary/aromatic N) is 2. The summed E-state index contributed by atoms with van der Waals surface area (Å²) in [6, 6.07) is 7.35. The number of carbonyl (C=O) groups excluding carboxylic acids is 1. The second kappa shape index (κ2) is 4.70. The van der Waals surface area contributed by atoms with Gasteiger partial charge < -0.3 is 4.74 Å². The lowest BCUT2D eigenvalue weighted by Crippen LogP contribution is -2.37. The van der Waals surface area contributed by atoms with Crippen molar-refractivity contribution in [3.63, 3.8) is 0 Å². The van der Waals surface area contributed by atoms with Crippen molar-refractivity contribution in [3.8, 4) is 5.88 Å². The number of ether oxygens (including phenoxy) is 1. The predicted octanol–water partition coefficient (Wildman–Crippen LogP) is 2.94. The Hall–Kier alpha value is -1.40. The first kappa shape index (κ1) is 11.7. The normalized spacial score (nSPS) is 13.9. The van der Waals surface area contributed by atoms with E-state index in [2.05, 4.69) is 20.9 Å². The molecule has 4 nitrogen and oxygen atoms in total. The molecule has 0 atom stereocenters. The van der Waals surface area contributed by atoms with Gasteiger partial charge >= 0.3 is 0 Å². The standard InChI is InChI=1S/C12H9BrN2O2S/c13-10-4-3-9(18-10)12(16)15-6-7-17-11-8(15)2-1-5-14-11/h1-5H,6-7H2. The quantitative estimate of drug-likeness (QED) is 0.810. The van der Waals surface area contributed by atoms with Gasteiger partial charge in [0, 0.05) is 6.20 Å². The molecule has 18 heavy (non-hydrogen) atoms. The van der Waals surface area contributed by atoms with Crippen molar-refractivity contribution in [2.24, 2.45) is 0 Å². The summed E-state index contributed by atoms with van der Waals surface area (Å²) in [6.07, 6.45) is 1.66. The number of fused-ring (bicyclic) bond motifs is 1. The molecule has 2 aromatic rings. The first-order valence-electron chi connectivity index (χ1n) is 5.41. The molecule has 0 bridgehead atoms. The van der Waals surface area contributed by atoms with Crippen LogP contribution in [0, 0.1) is 0 Å². The Bertz CT molecular complexity index is 599. The molecule has 6 heteroatoms. The molecule has 3 heterocycles. The van der Waals surface area contributed by atoms with Crippen LogP contribution in [0.3, 0.4) is 0 Å². The fourth-order valence-corrected chi connectivity index (χ4v) is 3.16. The average Bonchev–Trinajstić information content (AvgIpc) is 2.84. The topological polar surface area (TPSA) is 42.4 Å². The van der Waals surface area contributed by atoms with Gasteiger partial charge in [-0.25, -0.2) is 4.98 Å². The summed E-state index contributed by atoms with van der Waals surface area (Å²) in [7, 11) is 0. The smallest absolute Gasteiger partial charge is 0.268 e. The summed E-state index contributed by atoms with van der Waals surface area (Å²) in [5.74, 6) is 0.510. The van der Waals surface area contributed by atoms with E-state index in [0.29, 0.717) is 23.9 Å². The second-order valence-electron chi connectivity index (χ2n) is 3.74. The monoisotopic (exact) mass is 324 g/mol. The van der Waals surface area contributed by atoms with Crippen molar-refractivity contribution in [3.05, 3.63) is 39.1 Å². The van der Waals surface area contributed by atoms with Crippen LogP contribution in [0.25, 0.3) is 0 Å². The minimum atomic E-state index is -0.0109. The van der Waals surface area contributed by atoms with E-state index in [9.17, 15) is 4.79 Å². The van der Waals surface area contributed by atoms with Crippen molar-refractivity contribution in [2.75, 3.05) is 18.1 Å². The number of rotatable bonds is 1. The molecule has 0 aromatic carbocycles. The van der Waals surface area contributed by atoms with E-state index in [1.807, 2.05) is 18.2 Å². The fraction of sp³-hybridized carbons (Fsp3) is 0.167. The van der Waals surface area contributed by atoms with Crippen molar-refractivity contribution >= 4 is 38.9 Å². The Kier molecular flexibility index (Phi) is 3.05. The van der Waals surface area contributed by atoms with Crippen LogP contribution in [0.15, 0.2) is 34.2 Å². The summed E-state index contributed by atoms with van der Waals surface area (Å²) < 4.78 is 6.38. The van der Waals surface area contributed by atoms with Crippen LogP contribution in [0.4, 0.5) is 5.69 Å². The third kappa shape index (κ3) is 2.02. The van der Waals surface area contributed by atoms with Gasteiger partial charge in [0.2, 0.25) is 5.88 Å². The van der Waals surface area contributed by atoms with Crippen LogP contribution in [0.1, 0.15) is 9.67 Å². The van der Waals surface area contributed by atoms with Crippen molar-refractivity contribution in [2.45, 2.75) is 0 Å². The lowest BCUT2D eigenvalue weighted by molar-refractivity contribution is 0.0979. The Labute approximate surface area is 116 Å². The van der Waals surface area contributed by atoms with Crippen LogP contribution >= 0.6 is 27.3 Å². The van der Waals surface area contributed by atoms with Gasteiger partial charge in [0.15, 0.2) is 0 Å². The summed E-state index contributed by atoms with van der Waals surface area (Å²) in [5, 5.41) is 0. The molecule has 1 amide bonds. The highest BCUT2D eigenvalue weighted by Gasteiger charge is 2.26. The molecule has 0 aliphatic carbocycles. The number of pyridine rings is 1. The first-order valence-corrected chi connectivity index (χ1v) is 7.01. The van der Waals surface area contributed by atoms with E-state index in [0.717, 1.165) is 9.47 Å². The molecular formula is C12H9BrN2O2S. The molecule has 0 N–H and O–H groups in total. The zero-order valence-electron chi connectivity index (χ0n) is 9.30. The van der Waals surface area contributed by atoms with Crippen molar-refractivity contribution in [1.29, 1.82) is 0 Å². The number of hydrogen-bond acceptors (Lipinski definition) is 4. The Balaban J connectivity index is 1.96. The summed E-state index contributed by atoms with van der Waals surface area (Å²) in [5.41, 5.74) is 0.735. The largest absolute Gasteiger partial charge is 0.474 e. The highest BCUT2D eigenvalue weighted by molar-refractivity contribution is 9.11. The highest BCUT2D eigenvalue weighted by Crippen LogP contribution is 2.31. The zero-order valence-corrected chi connectivity index (χ0v) is 11.7. The van der Waals surface area contributed by atoms with Gasteiger partial charge in [-0.3, -0.25) is 9.69 Å². The lowest BCUT2D eigenvalue weighted by atomic mass is 10.3. The van der Waals surface area contributed by atoms with Gasteiger partial charge in [0.1, 0.15) is 12.3 Å². The second-order valence-corrected chi connectivity index (χ2v) is 6.20. The molecule has 1 aliphatic rings. The summed E-state index contributed by atoms with van der Waals surface area (Å²) in [4.78, 5) is 19.0. The maximum absolute atomic E-state index is 12.4. The molecular weight excluding hydrogens is 316 g/mol. The number of halogens is 1. The Morgan fingerprint density at radius 2 is 2.33 bits per heavy atom. The lowest BCUT2D eigenvalue weighted by Gasteiger charge is -2.28. The van der Waals surface area contributed by atoms with Gasteiger partial charge in [-0.05, 0) is 40.2 Å². The molecule has 0 spiro atoms. The number of aromatic nitrogens is 1. The number of thiophene rings is 1. The number of carbonyl (C=O) groups is 1. The van der Waals surface area contributed by atoms with Crippen LogP contribution in [-0.4, -0.2) is 24.0 Å². The van der Waals surface area contributed by atoms with Gasteiger partial charge in [-0.1, -0.05) is 0 Å². The molecule has 0 saturated heterocycles. The predicted molar refractivity (Wildman–Crippen MR) is 73.4 cm³/mol. The molecule has 0 fully saturated rings. The fourth-order valence-electron chi connectivity index (χ4n) is 1.83. The van der Waals surface area contributed by atoms with Gasteiger partial charge in [-0.2, -0.15) is 0 Å². The van der Waals surface area contributed by atoms with E-state index in [-0.39, 0.29) is 5.91 Å². The molecule has 3 rings (SSSR count). The maximum Gasteiger partial charge on any atom is 0.268 e. The first-order chi connectivity index (χ1) is 8.75. The summed E-state index contributed by atoms with van der Waals surface area (Å²) in [6.45, 7) is 1.02. The minimum Gasteiger partial charge on any atom is -0.474 e. The molecule has 92 valence electrons. The van der Waals surface area contributed by atoms with Crippen LogP contribution in [0.5, 0.6) is 5.88 Å². The van der Waals surface area contributed by atoms with Crippen molar-refractivity contribution < 1.29 is 9.53 Å². The van der Waals surface area contributed by atoms with Crippen LogP contribution in [-0.2, 0) is 0 Å². The maximum atomic E-state index is 12.4.